The average Bonchev–Trinajstić information content (AvgIpc) is 2.76. The summed E-state index contributed by atoms with van der Waals surface area (Å²) in [6.45, 7) is 4.94. The van der Waals surface area contributed by atoms with Crippen molar-refractivity contribution in [3.8, 4) is 11.3 Å². The van der Waals surface area contributed by atoms with Gasteiger partial charge in [-0.15, -0.1) is 0 Å². The highest BCUT2D eigenvalue weighted by molar-refractivity contribution is 6.31. The van der Waals surface area contributed by atoms with Crippen molar-refractivity contribution in [1.82, 2.24) is 9.55 Å². The highest BCUT2D eigenvalue weighted by Crippen LogP contribution is 2.31. The van der Waals surface area contributed by atoms with E-state index in [9.17, 15) is 4.39 Å². The van der Waals surface area contributed by atoms with Gasteiger partial charge in [-0.05, 0) is 18.6 Å². The molecule has 0 aliphatic rings. The lowest BCUT2D eigenvalue weighted by Crippen LogP contribution is -2.06. The first-order chi connectivity index (χ1) is 9.60. The van der Waals surface area contributed by atoms with E-state index in [0.717, 1.165) is 31.6 Å². The number of aryl methyl sites for hydroxylation is 1. The van der Waals surface area contributed by atoms with Crippen molar-refractivity contribution >= 4 is 17.4 Å². The lowest BCUT2D eigenvalue weighted by molar-refractivity contribution is 0.612. The Kier molecular flexibility index (Phi) is 4.65. The minimum atomic E-state index is -0.469. The number of nitrogens with two attached hydrogens (primary N) is 1. The minimum absolute atomic E-state index is 0.0862. The van der Waals surface area contributed by atoms with Crippen LogP contribution in [0.3, 0.4) is 0 Å². The maximum atomic E-state index is 14.1. The summed E-state index contributed by atoms with van der Waals surface area (Å²) in [5, 5.41) is 0.0862. The van der Waals surface area contributed by atoms with Crippen molar-refractivity contribution in [2.24, 2.45) is 0 Å². The standard InChI is InChI=1S/C15H19ClFN3/c1-3-5-9-20-12(4-2)19-14(15(20)18)10-7-6-8-11(16)13(10)17/h6-8H,3-5,9,18H2,1-2H3. The Morgan fingerprint density at radius 1 is 1.35 bits per heavy atom. The smallest absolute Gasteiger partial charge is 0.151 e. The second kappa shape index (κ2) is 6.27. The molecule has 0 amide bonds. The van der Waals surface area contributed by atoms with E-state index in [0.29, 0.717) is 17.1 Å². The highest BCUT2D eigenvalue weighted by Gasteiger charge is 2.18. The van der Waals surface area contributed by atoms with Crippen molar-refractivity contribution in [3.63, 3.8) is 0 Å². The van der Waals surface area contributed by atoms with Crippen LogP contribution in [0.2, 0.25) is 5.02 Å². The molecule has 0 spiro atoms. The van der Waals surface area contributed by atoms with E-state index in [1.165, 1.54) is 6.07 Å². The molecule has 2 rings (SSSR count). The van der Waals surface area contributed by atoms with Crippen LogP contribution in [0.5, 0.6) is 0 Å². The fraction of sp³-hybridized carbons (Fsp3) is 0.400. The molecule has 0 saturated heterocycles. The Morgan fingerprint density at radius 2 is 2.10 bits per heavy atom. The van der Waals surface area contributed by atoms with E-state index < -0.39 is 5.82 Å². The van der Waals surface area contributed by atoms with E-state index in [1.807, 2.05) is 11.5 Å². The van der Waals surface area contributed by atoms with Gasteiger partial charge in [0.15, 0.2) is 5.82 Å². The van der Waals surface area contributed by atoms with E-state index in [1.54, 1.807) is 12.1 Å². The number of imidazole rings is 1. The molecule has 0 unspecified atom stereocenters. The van der Waals surface area contributed by atoms with Crippen molar-refractivity contribution in [2.45, 2.75) is 39.7 Å². The number of nitrogens with zero attached hydrogens (tertiary/aromatic N) is 2. The predicted molar refractivity (Wildman–Crippen MR) is 81.3 cm³/mol. The highest BCUT2D eigenvalue weighted by atomic mass is 35.5. The number of anilines is 1. The lowest BCUT2D eigenvalue weighted by Gasteiger charge is -2.08. The van der Waals surface area contributed by atoms with Gasteiger partial charge in [-0.2, -0.15) is 0 Å². The van der Waals surface area contributed by atoms with Gasteiger partial charge in [-0.3, -0.25) is 0 Å². The Bertz CT molecular complexity index is 607. The predicted octanol–water partition coefficient (Wildman–Crippen LogP) is 4.29. The van der Waals surface area contributed by atoms with Gasteiger partial charge in [-0.25, -0.2) is 9.37 Å². The Hall–Kier alpha value is -1.55. The van der Waals surface area contributed by atoms with Gasteiger partial charge < -0.3 is 10.3 Å². The number of rotatable bonds is 5. The molecule has 0 aliphatic heterocycles. The Labute approximate surface area is 123 Å². The third-order valence-electron chi connectivity index (χ3n) is 3.34. The van der Waals surface area contributed by atoms with E-state index in [2.05, 4.69) is 11.9 Å². The zero-order valence-corrected chi connectivity index (χ0v) is 12.5. The molecule has 108 valence electrons. The van der Waals surface area contributed by atoms with Gasteiger partial charge in [0.1, 0.15) is 17.3 Å². The molecule has 5 heteroatoms. The van der Waals surface area contributed by atoms with Gasteiger partial charge in [-0.1, -0.05) is 37.9 Å². The number of aromatic nitrogens is 2. The molecule has 0 bridgehead atoms. The van der Waals surface area contributed by atoms with Crippen LogP contribution >= 0.6 is 11.6 Å². The van der Waals surface area contributed by atoms with Gasteiger partial charge in [0.05, 0.1) is 5.02 Å². The number of halogens is 2. The van der Waals surface area contributed by atoms with Crippen molar-refractivity contribution < 1.29 is 4.39 Å². The molecule has 1 aromatic heterocycles. The summed E-state index contributed by atoms with van der Waals surface area (Å²) in [6, 6.07) is 4.88. The summed E-state index contributed by atoms with van der Waals surface area (Å²) in [5.74, 6) is 0.922. The first kappa shape index (κ1) is 14.9. The molecule has 0 saturated carbocycles. The van der Waals surface area contributed by atoms with Gasteiger partial charge in [0, 0.05) is 18.5 Å². The molecular weight excluding hydrogens is 277 g/mol. The number of benzene rings is 1. The number of nitrogen functional groups attached to an aromatic ring is 1. The van der Waals surface area contributed by atoms with E-state index in [4.69, 9.17) is 17.3 Å². The number of unbranched alkanes of at least 4 members (excludes halogenated alkanes) is 1. The van der Waals surface area contributed by atoms with Crippen LogP contribution in [0.1, 0.15) is 32.5 Å². The van der Waals surface area contributed by atoms with Crippen molar-refractivity contribution in [3.05, 3.63) is 34.9 Å². The largest absolute Gasteiger partial charge is 0.383 e. The fourth-order valence-corrected chi connectivity index (χ4v) is 2.41. The van der Waals surface area contributed by atoms with Crippen LogP contribution in [0.25, 0.3) is 11.3 Å². The maximum Gasteiger partial charge on any atom is 0.151 e. The molecule has 2 aromatic rings. The quantitative estimate of drug-likeness (QED) is 0.894. The van der Waals surface area contributed by atoms with Crippen LogP contribution in [0.4, 0.5) is 10.2 Å². The van der Waals surface area contributed by atoms with Gasteiger partial charge in [0.2, 0.25) is 0 Å². The normalized spacial score (nSPS) is 11.0. The number of hydrogen-bond acceptors (Lipinski definition) is 2. The van der Waals surface area contributed by atoms with Crippen molar-refractivity contribution in [2.75, 3.05) is 5.73 Å². The fourth-order valence-electron chi connectivity index (χ4n) is 2.23. The van der Waals surface area contributed by atoms with Crippen LogP contribution in [-0.4, -0.2) is 9.55 Å². The van der Waals surface area contributed by atoms with Crippen LogP contribution in [0.15, 0.2) is 18.2 Å². The summed E-state index contributed by atoms with van der Waals surface area (Å²) >= 11 is 5.83. The summed E-state index contributed by atoms with van der Waals surface area (Å²) in [4.78, 5) is 4.49. The van der Waals surface area contributed by atoms with Crippen LogP contribution < -0.4 is 5.73 Å². The molecule has 1 heterocycles. The SMILES string of the molecule is CCCCn1c(CC)nc(-c2cccc(Cl)c2F)c1N. The lowest BCUT2D eigenvalue weighted by atomic mass is 10.1. The third-order valence-corrected chi connectivity index (χ3v) is 3.64. The molecule has 3 nitrogen and oxygen atoms in total. The first-order valence-electron chi connectivity index (χ1n) is 6.89. The van der Waals surface area contributed by atoms with Gasteiger partial charge in [0.25, 0.3) is 0 Å². The summed E-state index contributed by atoms with van der Waals surface area (Å²) in [7, 11) is 0. The second-order valence-corrected chi connectivity index (χ2v) is 5.13. The molecule has 2 N–H and O–H groups in total. The van der Waals surface area contributed by atoms with Gasteiger partial charge >= 0.3 is 0 Å². The summed E-state index contributed by atoms with van der Waals surface area (Å²) in [5.41, 5.74) is 7.01. The number of hydrogen-bond donors (Lipinski definition) is 1. The average molecular weight is 296 g/mol. The monoisotopic (exact) mass is 295 g/mol. The van der Waals surface area contributed by atoms with E-state index >= 15 is 0 Å². The molecular formula is C15H19ClFN3. The van der Waals surface area contributed by atoms with E-state index in [-0.39, 0.29) is 5.02 Å². The molecule has 0 fully saturated rings. The molecule has 1 aromatic carbocycles. The molecule has 0 aliphatic carbocycles. The first-order valence-corrected chi connectivity index (χ1v) is 7.27. The zero-order chi connectivity index (χ0) is 14.7. The second-order valence-electron chi connectivity index (χ2n) is 4.72. The zero-order valence-electron chi connectivity index (χ0n) is 11.8. The summed E-state index contributed by atoms with van der Waals surface area (Å²) in [6.07, 6.45) is 2.85. The Morgan fingerprint density at radius 3 is 2.75 bits per heavy atom. The minimum Gasteiger partial charge on any atom is -0.383 e. The Balaban J connectivity index is 2.52. The molecule has 20 heavy (non-hydrogen) atoms. The van der Waals surface area contributed by atoms with Crippen LogP contribution in [0, 0.1) is 5.82 Å². The third kappa shape index (κ3) is 2.66. The van der Waals surface area contributed by atoms with Crippen LogP contribution in [-0.2, 0) is 13.0 Å². The molecule has 0 radical (unpaired) electrons. The summed E-state index contributed by atoms with van der Waals surface area (Å²) < 4.78 is 16.1. The maximum absolute atomic E-state index is 14.1. The van der Waals surface area contributed by atoms with Crippen molar-refractivity contribution in [1.29, 1.82) is 0 Å². The molecule has 0 atom stereocenters. The topological polar surface area (TPSA) is 43.8 Å².